The Labute approximate surface area is 79.9 Å². The lowest BCUT2D eigenvalue weighted by Crippen LogP contribution is -2.46. The Kier molecular flexibility index (Phi) is 2.61. The molecule has 1 aliphatic carbocycles. The Morgan fingerprint density at radius 1 is 1.17 bits per heavy atom. The first-order valence-corrected chi connectivity index (χ1v) is 5.59. The fraction of sp³-hybridized carbons (Fsp3) is 1.00. The van der Waals surface area contributed by atoms with E-state index in [1.165, 1.54) is 45.1 Å². The SMILES string of the molecule is ClC1CNCC2(CCCCC2)C1. The largest absolute Gasteiger partial charge is 0.315 e. The second-order valence-corrected chi connectivity index (χ2v) is 5.11. The molecule has 2 rings (SSSR count). The third kappa shape index (κ3) is 1.77. The van der Waals surface area contributed by atoms with Gasteiger partial charge in [-0.25, -0.2) is 0 Å². The minimum Gasteiger partial charge on any atom is -0.315 e. The molecule has 1 nitrogen and oxygen atoms in total. The second-order valence-electron chi connectivity index (χ2n) is 4.49. The molecule has 1 aliphatic heterocycles. The second kappa shape index (κ2) is 3.55. The van der Waals surface area contributed by atoms with Crippen LogP contribution in [0, 0.1) is 5.41 Å². The van der Waals surface area contributed by atoms with Crippen LogP contribution in [-0.2, 0) is 0 Å². The number of piperidine rings is 1. The van der Waals surface area contributed by atoms with Gasteiger partial charge in [0, 0.05) is 18.5 Å². The fourth-order valence-electron chi connectivity index (χ4n) is 2.79. The fourth-order valence-corrected chi connectivity index (χ4v) is 3.23. The van der Waals surface area contributed by atoms with Crippen LogP contribution in [0.1, 0.15) is 38.5 Å². The minimum atomic E-state index is 0.386. The highest BCUT2D eigenvalue weighted by atomic mass is 35.5. The maximum Gasteiger partial charge on any atom is 0.0466 e. The van der Waals surface area contributed by atoms with E-state index in [2.05, 4.69) is 5.32 Å². The molecule has 1 atom stereocenters. The van der Waals surface area contributed by atoms with Gasteiger partial charge in [0.1, 0.15) is 0 Å². The van der Waals surface area contributed by atoms with Gasteiger partial charge in [-0.15, -0.1) is 11.6 Å². The van der Waals surface area contributed by atoms with E-state index in [4.69, 9.17) is 11.6 Å². The summed E-state index contributed by atoms with van der Waals surface area (Å²) in [7, 11) is 0. The molecule has 0 aromatic carbocycles. The number of halogens is 1. The van der Waals surface area contributed by atoms with Crippen LogP contribution in [0.15, 0.2) is 0 Å². The highest BCUT2D eigenvalue weighted by Crippen LogP contribution is 2.41. The predicted octanol–water partition coefficient (Wildman–Crippen LogP) is 2.54. The number of nitrogens with one attached hydrogen (secondary N) is 1. The molecular formula is C10H18ClN. The maximum absolute atomic E-state index is 6.18. The molecule has 1 heterocycles. The molecule has 0 bridgehead atoms. The number of hydrogen-bond donors (Lipinski definition) is 1. The van der Waals surface area contributed by atoms with Crippen molar-refractivity contribution in [3.8, 4) is 0 Å². The van der Waals surface area contributed by atoms with Crippen LogP contribution in [-0.4, -0.2) is 18.5 Å². The average Bonchev–Trinajstić information content (AvgIpc) is 2.05. The van der Waals surface area contributed by atoms with Gasteiger partial charge < -0.3 is 5.32 Å². The number of alkyl halides is 1. The van der Waals surface area contributed by atoms with Gasteiger partial charge >= 0.3 is 0 Å². The first-order chi connectivity index (χ1) is 5.81. The van der Waals surface area contributed by atoms with Crippen molar-refractivity contribution in [3.05, 3.63) is 0 Å². The van der Waals surface area contributed by atoms with E-state index in [-0.39, 0.29) is 0 Å². The molecule has 2 aliphatic rings. The molecule has 0 aromatic rings. The summed E-state index contributed by atoms with van der Waals surface area (Å²) in [5.74, 6) is 0. The van der Waals surface area contributed by atoms with E-state index >= 15 is 0 Å². The van der Waals surface area contributed by atoms with Gasteiger partial charge in [-0.05, 0) is 24.7 Å². The summed E-state index contributed by atoms with van der Waals surface area (Å²) >= 11 is 6.18. The molecule has 2 fully saturated rings. The monoisotopic (exact) mass is 187 g/mol. The first-order valence-electron chi connectivity index (χ1n) is 5.16. The Morgan fingerprint density at radius 2 is 1.92 bits per heavy atom. The van der Waals surface area contributed by atoms with E-state index in [1.807, 2.05) is 0 Å². The lowest BCUT2D eigenvalue weighted by molar-refractivity contribution is 0.143. The third-order valence-electron chi connectivity index (χ3n) is 3.43. The topological polar surface area (TPSA) is 12.0 Å². The average molecular weight is 188 g/mol. The van der Waals surface area contributed by atoms with Gasteiger partial charge in [0.05, 0.1) is 0 Å². The Bertz CT molecular complexity index is 146. The molecule has 0 radical (unpaired) electrons. The van der Waals surface area contributed by atoms with E-state index in [9.17, 15) is 0 Å². The van der Waals surface area contributed by atoms with Crippen molar-refractivity contribution in [3.63, 3.8) is 0 Å². The Hall–Kier alpha value is 0.250. The number of rotatable bonds is 0. The summed E-state index contributed by atoms with van der Waals surface area (Å²) in [6.45, 7) is 2.24. The van der Waals surface area contributed by atoms with Gasteiger partial charge in [-0.3, -0.25) is 0 Å². The molecular weight excluding hydrogens is 170 g/mol. The van der Waals surface area contributed by atoms with Crippen LogP contribution in [0.3, 0.4) is 0 Å². The molecule has 70 valence electrons. The maximum atomic E-state index is 6.18. The summed E-state index contributed by atoms with van der Waals surface area (Å²) in [6.07, 6.45) is 8.35. The summed E-state index contributed by atoms with van der Waals surface area (Å²) in [5.41, 5.74) is 0.586. The van der Waals surface area contributed by atoms with Crippen molar-refractivity contribution >= 4 is 11.6 Å². The molecule has 12 heavy (non-hydrogen) atoms. The smallest absolute Gasteiger partial charge is 0.0466 e. The predicted molar refractivity (Wildman–Crippen MR) is 52.6 cm³/mol. The van der Waals surface area contributed by atoms with Crippen molar-refractivity contribution in [1.29, 1.82) is 0 Å². The van der Waals surface area contributed by atoms with E-state index in [0.717, 1.165) is 6.54 Å². The molecule has 1 unspecified atom stereocenters. The van der Waals surface area contributed by atoms with Crippen LogP contribution < -0.4 is 5.32 Å². The third-order valence-corrected chi connectivity index (χ3v) is 3.74. The molecule has 1 N–H and O–H groups in total. The van der Waals surface area contributed by atoms with Gasteiger partial charge in [-0.1, -0.05) is 19.3 Å². The van der Waals surface area contributed by atoms with Crippen LogP contribution in [0.5, 0.6) is 0 Å². The Morgan fingerprint density at radius 3 is 2.58 bits per heavy atom. The lowest BCUT2D eigenvalue weighted by Gasteiger charge is -2.42. The standard InChI is InChI=1S/C10H18ClN/c11-9-6-10(8-12-7-9)4-2-1-3-5-10/h9,12H,1-8H2. The normalized spacial score (nSPS) is 35.2. The van der Waals surface area contributed by atoms with Crippen LogP contribution in [0.25, 0.3) is 0 Å². The molecule has 1 saturated carbocycles. The van der Waals surface area contributed by atoms with Crippen molar-refractivity contribution < 1.29 is 0 Å². The summed E-state index contributed by atoms with van der Waals surface area (Å²) in [5, 5.41) is 3.85. The minimum absolute atomic E-state index is 0.386. The lowest BCUT2D eigenvalue weighted by atomic mass is 9.70. The first kappa shape index (κ1) is 8.83. The van der Waals surface area contributed by atoms with Crippen LogP contribution in [0.2, 0.25) is 0 Å². The quantitative estimate of drug-likeness (QED) is 0.575. The molecule has 2 heteroatoms. The molecule has 0 aromatic heterocycles. The summed E-state index contributed by atoms with van der Waals surface area (Å²) in [4.78, 5) is 0. The summed E-state index contributed by atoms with van der Waals surface area (Å²) in [6, 6.07) is 0. The van der Waals surface area contributed by atoms with Crippen LogP contribution in [0.4, 0.5) is 0 Å². The van der Waals surface area contributed by atoms with Gasteiger partial charge in [0.15, 0.2) is 0 Å². The van der Waals surface area contributed by atoms with E-state index in [0.29, 0.717) is 10.8 Å². The van der Waals surface area contributed by atoms with E-state index < -0.39 is 0 Å². The van der Waals surface area contributed by atoms with Crippen LogP contribution >= 0.6 is 11.6 Å². The van der Waals surface area contributed by atoms with Crippen molar-refractivity contribution in [1.82, 2.24) is 5.32 Å². The zero-order valence-corrected chi connectivity index (χ0v) is 8.37. The van der Waals surface area contributed by atoms with Crippen molar-refractivity contribution in [2.45, 2.75) is 43.9 Å². The van der Waals surface area contributed by atoms with Gasteiger partial charge in [0.2, 0.25) is 0 Å². The molecule has 1 saturated heterocycles. The zero-order valence-electron chi connectivity index (χ0n) is 7.61. The Balaban J connectivity index is 1.97. The van der Waals surface area contributed by atoms with Gasteiger partial charge in [-0.2, -0.15) is 0 Å². The van der Waals surface area contributed by atoms with E-state index in [1.54, 1.807) is 0 Å². The zero-order chi connectivity index (χ0) is 8.44. The van der Waals surface area contributed by atoms with Crippen molar-refractivity contribution in [2.24, 2.45) is 5.41 Å². The summed E-state index contributed by atoms with van der Waals surface area (Å²) < 4.78 is 0. The highest BCUT2D eigenvalue weighted by Gasteiger charge is 2.36. The molecule has 1 spiro atoms. The highest BCUT2D eigenvalue weighted by molar-refractivity contribution is 6.20. The van der Waals surface area contributed by atoms with Crippen molar-refractivity contribution in [2.75, 3.05) is 13.1 Å². The molecule has 0 amide bonds. The van der Waals surface area contributed by atoms with Gasteiger partial charge in [0.25, 0.3) is 0 Å². The number of hydrogen-bond acceptors (Lipinski definition) is 1.